The number of nitrogens with zero attached hydrogens (tertiary/aromatic N) is 5. The van der Waals surface area contributed by atoms with Gasteiger partial charge in [-0.15, -0.1) is 0 Å². The van der Waals surface area contributed by atoms with Crippen molar-refractivity contribution in [2.75, 3.05) is 37.4 Å². The second-order valence-electron chi connectivity index (χ2n) is 6.94. The minimum atomic E-state index is 0.0406. The van der Waals surface area contributed by atoms with Gasteiger partial charge in [0, 0.05) is 45.1 Å². The molecule has 1 aromatic rings. The Labute approximate surface area is 138 Å². The highest BCUT2D eigenvalue weighted by atomic mass is 16.2. The molecule has 1 amide bonds. The van der Waals surface area contributed by atoms with E-state index < -0.39 is 0 Å². The molecule has 0 aliphatic carbocycles. The fraction of sp³-hybridized carbons (Fsp3) is 0.750. The molecule has 1 aliphatic heterocycles. The Hall–Kier alpha value is -1.92. The molecule has 0 bridgehead atoms. The van der Waals surface area contributed by atoms with Gasteiger partial charge in [0.25, 0.3) is 0 Å². The predicted molar refractivity (Wildman–Crippen MR) is 91.7 cm³/mol. The van der Waals surface area contributed by atoms with E-state index in [1.54, 1.807) is 0 Å². The Bertz CT molecular complexity index is 531. The van der Waals surface area contributed by atoms with Crippen molar-refractivity contribution in [1.29, 1.82) is 0 Å². The third kappa shape index (κ3) is 4.30. The minimum absolute atomic E-state index is 0.0406. The SMILES string of the molecule is CC(C)C(=O)N1CCC(Nc2nc(C(C)C)nc(N(C)C)n2)C1. The molecule has 0 saturated carbocycles. The van der Waals surface area contributed by atoms with E-state index in [1.807, 2.05) is 37.7 Å². The summed E-state index contributed by atoms with van der Waals surface area (Å²) in [7, 11) is 3.84. The summed E-state index contributed by atoms with van der Waals surface area (Å²) in [6.07, 6.45) is 0.915. The lowest BCUT2D eigenvalue weighted by molar-refractivity contribution is -0.133. The molecule has 1 fully saturated rings. The summed E-state index contributed by atoms with van der Waals surface area (Å²) in [6, 6.07) is 0.190. The zero-order valence-electron chi connectivity index (χ0n) is 15.0. The summed E-state index contributed by atoms with van der Waals surface area (Å²) >= 11 is 0. The van der Waals surface area contributed by atoms with Crippen molar-refractivity contribution in [2.45, 2.75) is 46.1 Å². The van der Waals surface area contributed by atoms with Gasteiger partial charge in [-0.05, 0) is 6.42 Å². The Balaban J connectivity index is 2.10. The van der Waals surface area contributed by atoms with E-state index in [0.717, 1.165) is 18.8 Å². The van der Waals surface area contributed by atoms with Crippen molar-refractivity contribution in [3.8, 4) is 0 Å². The molecule has 2 heterocycles. The van der Waals surface area contributed by atoms with Crippen LogP contribution in [0.15, 0.2) is 0 Å². The topological polar surface area (TPSA) is 74.2 Å². The number of hydrogen-bond acceptors (Lipinski definition) is 6. The van der Waals surface area contributed by atoms with Crippen LogP contribution in [0.3, 0.4) is 0 Å². The predicted octanol–water partition coefficient (Wildman–Crippen LogP) is 1.73. The van der Waals surface area contributed by atoms with Gasteiger partial charge in [0.2, 0.25) is 17.8 Å². The number of aromatic nitrogens is 3. The molecule has 1 atom stereocenters. The van der Waals surface area contributed by atoms with Gasteiger partial charge in [0.05, 0.1) is 0 Å². The second kappa shape index (κ2) is 7.10. The van der Waals surface area contributed by atoms with Gasteiger partial charge in [-0.3, -0.25) is 4.79 Å². The van der Waals surface area contributed by atoms with Crippen LogP contribution in [0.25, 0.3) is 0 Å². The van der Waals surface area contributed by atoms with E-state index in [2.05, 4.69) is 34.1 Å². The van der Waals surface area contributed by atoms with Crippen molar-refractivity contribution in [2.24, 2.45) is 5.92 Å². The minimum Gasteiger partial charge on any atom is -0.349 e. The fourth-order valence-electron chi connectivity index (χ4n) is 2.53. The first kappa shape index (κ1) is 17.4. The molecular formula is C16H28N6O. The van der Waals surface area contributed by atoms with Crippen LogP contribution in [-0.4, -0.2) is 59.0 Å². The zero-order chi connectivity index (χ0) is 17.1. The molecule has 1 unspecified atom stereocenters. The van der Waals surface area contributed by atoms with Gasteiger partial charge in [-0.1, -0.05) is 27.7 Å². The number of likely N-dealkylation sites (tertiary alicyclic amines) is 1. The number of hydrogen-bond donors (Lipinski definition) is 1. The van der Waals surface area contributed by atoms with Crippen molar-refractivity contribution in [3.63, 3.8) is 0 Å². The van der Waals surface area contributed by atoms with Gasteiger partial charge >= 0.3 is 0 Å². The molecule has 1 N–H and O–H groups in total. The monoisotopic (exact) mass is 320 g/mol. The van der Waals surface area contributed by atoms with E-state index >= 15 is 0 Å². The quantitative estimate of drug-likeness (QED) is 0.890. The summed E-state index contributed by atoms with van der Waals surface area (Å²) in [5, 5.41) is 3.37. The van der Waals surface area contributed by atoms with Crippen molar-refractivity contribution >= 4 is 17.8 Å². The first-order chi connectivity index (χ1) is 10.8. The van der Waals surface area contributed by atoms with Gasteiger partial charge in [-0.2, -0.15) is 15.0 Å². The van der Waals surface area contributed by atoms with Crippen molar-refractivity contribution in [3.05, 3.63) is 5.82 Å². The van der Waals surface area contributed by atoms with Crippen molar-refractivity contribution < 1.29 is 4.79 Å². The summed E-state index contributed by atoms with van der Waals surface area (Å²) in [6.45, 7) is 9.50. The van der Waals surface area contributed by atoms with E-state index in [-0.39, 0.29) is 23.8 Å². The van der Waals surface area contributed by atoms with E-state index in [4.69, 9.17) is 0 Å². The van der Waals surface area contributed by atoms with Crippen LogP contribution in [0.5, 0.6) is 0 Å². The summed E-state index contributed by atoms with van der Waals surface area (Å²) < 4.78 is 0. The molecule has 7 heteroatoms. The first-order valence-corrected chi connectivity index (χ1v) is 8.26. The molecule has 0 aromatic carbocycles. The van der Waals surface area contributed by atoms with Crippen LogP contribution in [0.1, 0.15) is 45.9 Å². The van der Waals surface area contributed by atoms with Gasteiger partial charge in [-0.25, -0.2) is 0 Å². The number of nitrogens with one attached hydrogen (secondary N) is 1. The number of anilines is 2. The largest absolute Gasteiger partial charge is 0.349 e. The smallest absolute Gasteiger partial charge is 0.229 e. The molecule has 1 aliphatic rings. The second-order valence-corrected chi connectivity index (χ2v) is 6.94. The lowest BCUT2D eigenvalue weighted by Crippen LogP contribution is -2.34. The summed E-state index contributed by atoms with van der Waals surface area (Å²) in [4.78, 5) is 29.3. The zero-order valence-corrected chi connectivity index (χ0v) is 15.0. The molecule has 23 heavy (non-hydrogen) atoms. The van der Waals surface area contributed by atoms with Crippen LogP contribution in [-0.2, 0) is 4.79 Å². The third-order valence-corrected chi connectivity index (χ3v) is 3.88. The molecule has 0 spiro atoms. The van der Waals surface area contributed by atoms with Crippen LogP contribution in [0.2, 0.25) is 0 Å². The van der Waals surface area contributed by atoms with Crippen LogP contribution >= 0.6 is 0 Å². The Morgan fingerprint density at radius 2 is 1.91 bits per heavy atom. The normalized spacial score (nSPS) is 17.9. The van der Waals surface area contributed by atoms with E-state index in [0.29, 0.717) is 18.4 Å². The van der Waals surface area contributed by atoms with Crippen molar-refractivity contribution in [1.82, 2.24) is 19.9 Å². The Morgan fingerprint density at radius 3 is 2.48 bits per heavy atom. The van der Waals surface area contributed by atoms with Crippen LogP contribution in [0, 0.1) is 5.92 Å². The van der Waals surface area contributed by atoms with Crippen LogP contribution in [0.4, 0.5) is 11.9 Å². The average Bonchev–Trinajstić information content (AvgIpc) is 2.94. The van der Waals surface area contributed by atoms with Gasteiger partial charge in [0.1, 0.15) is 5.82 Å². The number of carbonyl (C=O) groups excluding carboxylic acids is 1. The maximum Gasteiger partial charge on any atom is 0.229 e. The molecule has 128 valence electrons. The maximum absolute atomic E-state index is 12.1. The average molecular weight is 320 g/mol. The molecule has 1 saturated heterocycles. The van der Waals surface area contributed by atoms with E-state index in [9.17, 15) is 4.79 Å². The lowest BCUT2D eigenvalue weighted by Gasteiger charge is -2.20. The maximum atomic E-state index is 12.1. The fourth-order valence-corrected chi connectivity index (χ4v) is 2.53. The molecular weight excluding hydrogens is 292 g/mol. The highest BCUT2D eigenvalue weighted by molar-refractivity contribution is 5.78. The van der Waals surface area contributed by atoms with Gasteiger partial charge in [0.15, 0.2) is 0 Å². The van der Waals surface area contributed by atoms with Gasteiger partial charge < -0.3 is 15.1 Å². The molecule has 0 radical (unpaired) electrons. The highest BCUT2D eigenvalue weighted by Crippen LogP contribution is 2.19. The third-order valence-electron chi connectivity index (χ3n) is 3.88. The molecule has 2 rings (SSSR count). The Morgan fingerprint density at radius 1 is 1.22 bits per heavy atom. The highest BCUT2D eigenvalue weighted by Gasteiger charge is 2.28. The van der Waals surface area contributed by atoms with E-state index in [1.165, 1.54) is 0 Å². The molecule has 1 aromatic heterocycles. The summed E-state index contributed by atoms with van der Waals surface area (Å²) in [5.41, 5.74) is 0. The number of carbonyl (C=O) groups is 1. The lowest BCUT2D eigenvalue weighted by atomic mass is 10.2. The first-order valence-electron chi connectivity index (χ1n) is 8.26. The summed E-state index contributed by atoms with van der Waals surface area (Å²) in [5.74, 6) is 2.51. The van der Waals surface area contributed by atoms with Crippen LogP contribution < -0.4 is 10.2 Å². The Kier molecular flexibility index (Phi) is 5.38. The number of amides is 1. The number of rotatable bonds is 5. The standard InChI is InChI=1S/C16H28N6O/c1-10(2)13-18-15(20-16(19-13)21(5)6)17-12-7-8-22(9-12)14(23)11(3)4/h10-12H,7-9H2,1-6H3,(H,17,18,19,20). The molecule has 7 nitrogen and oxygen atoms in total.